The molecule has 0 atom stereocenters. The fraction of sp³-hybridized carbons (Fsp3) is 0.923. The highest BCUT2D eigenvalue weighted by atomic mass is 16.2. The van der Waals surface area contributed by atoms with Gasteiger partial charge < -0.3 is 4.90 Å². The van der Waals surface area contributed by atoms with Crippen LogP contribution in [0.1, 0.15) is 40.0 Å². The van der Waals surface area contributed by atoms with E-state index in [0.717, 1.165) is 32.2 Å². The third kappa shape index (κ3) is 3.21. The fourth-order valence-electron chi connectivity index (χ4n) is 2.34. The average molecular weight is 224 g/mol. The van der Waals surface area contributed by atoms with E-state index in [0.29, 0.717) is 12.3 Å². The predicted molar refractivity (Wildman–Crippen MR) is 65.2 cm³/mol. The van der Waals surface area contributed by atoms with Crippen molar-refractivity contribution in [2.45, 2.75) is 46.1 Å². The summed E-state index contributed by atoms with van der Waals surface area (Å²) in [5, 5.41) is 0. The zero-order valence-electron chi connectivity index (χ0n) is 10.8. The van der Waals surface area contributed by atoms with E-state index in [-0.39, 0.29) is 5.41 Å². The molecule has 3 heteroatoms. The van der Waals surface area contributed by atoms with E-state index in [4.69, 9.17) is 0 Å². The van der Waals surface area contributed by atoms with Gasteiger partial charge in [-0.1, -0.05) is 20.8 Å². The number of nitrogens with zero attached hydrogens (tertiary/aromatic N) is 2. The molecule has 1 heterocycles. The van der Waals surface area contributed by atoms with Gasteiger partial charge in [0.2, 0.25) is 5.91 Å². The van der Waals surface area contributed by atoms with Crippen LogP contribution in [-0.2, 0) is 4.79 Å². The number of amides is 1. The first-order valence-electron chi connectivity index (χ1n) is 6.47. The number of hydrogen-bond donors (Lipinski definition) is 0. The van der Waals surface area contributed by atoms with Crippen molar-refractivity contribution >= 4 is 5.91 Å². The summed E-state index contributed by atoms with van der Waals surface area (Å²) in [4.78, 5) is 16.6. The Labute approximate surface area is 98.8 Å². The van der Waals surface area contributed by atoms with Gasteiger partial charge in [-0.3, -0.25) is 9.69 Å². The van der Waals surface area contributed by atoms with Crippen molar-refractivity contribution in [1.29, 1.82) is 0 Å². The van der Waals surface area contributed by atoms with Crippen molar-refractivity contribution in [2.75, 3.05) is 26.2 Å². The van der Waals surface area contributed by atoms with Gasteiger partial charge in [-0.25, -0.2) is 0 Å². The minimum absolute atomic E-state index is 0.116. The van der Waals surface area contributed by atoms with Gasteiger partial charge in [-0.15, -0.1) is 0 Å². The van der Waals surface area contributed by atoms with E-state index in [2.05, 4.69) is 25.7 Å². The first-order valence-corrected chi connectivity index (χ1v) is 6.47. The van der Waals surface area contributed by atoms with E-state index in [9.17, 15) is 4.79 Å². The molecule has 0 N–H and O–H groups in total. The van der Waals surface area contributed by atoms with Crippen LogP contribution in [0.5, 0.6) is 0 Å². The van der Waals surface area contributed by atoms with Gasteiger partial charge in [0.05, 0.1) is 0 Å². The molecule has 0 radical (unpaired) electrons. The van der Waals surface area contributed by atoms with Crippen LogP contribution >= 0.6 is 0 Å². The Kier molecular flexibility index (Phi) is 3.24. The third-order valence-corrected chi connectivity index (χ3v) is 3.41. The molecule has 2 rings (SSSR count). The van der Waals surface area contributed by atoms with Crippen molar-refractivity contribution in [1.82, 2.24) is 9.80 Å². The fourth-order valence-corrected chi connectivity index (χ4v) is 2.34. The molecule has 0 unspecified atom stereocenters. The monoisotopic (exact) mass is 224 g/mol. The number of carbonyl (C=O) groups excluding carboxylic acids is 1. The molecule has 0 aromatic heterocycles. The lowest BCUT2D eigenvalue weighted by Gasteiger charge is -2.36. The average Bonchev–Trinajstić information content (AvgIpc) is 2.98. The number of hydrogen-bond acceptors (Lipinski definition) is 2. The molecular formula is C13H24N2O. The lowest BCUT2D eigenvalue weighted by Crippen LogP contribution is -2.49. The quantitative estimate of drug-likeness (QED) is 0.713. The highest BCUT2D eigenvalue weighted by Gasteiger charge is 2.32. The summed E-state index contributed by atoms with van der Waals surface area (Å²) in [6.07, 6.45) is 3.42. The van der Waals surface area contributed by atoms with Crippen molar-refractivity contribution in [3.8, 4) is 0 Å². The molecule has 16 heavy (non-hydrogen) atoms. The third-order valence-electron chi connectivity index (χ3n) is 3.41. The maximum Gasteiger partial charge on any atom is 0.223 e. The van der Waals surface area contributed by atoms with E-state index >= 15 is 0 Å². The Morgan fingerprint density at radius 2 is 1.69 bits per heavy atom. The van der Waals surface area contributed by atoms with Crippen LogP contribution in [0.15, 0.2) is 0 Å². The molecule has 2 aliphatic rings. The molecule has 92 valence electrons. The minimum Gasteiger partial charge on any atom is -0.340 e. The summed E-state index contributed by atoms with van der Waals surface area (Å²) in [5.74, 6) is 0.336. The van der Waals surface area contributed by atoms with Crippen LogP contribution in [0.4, 0.5) is 0 Å². The summed E-state index contributed by atoms with van der Waals surface area (Å²) in [6.45, 7) is 10.4. The molecule has 0 bridgehead atoms. The molecule has 1 saturated heterocycles. The van der Waals surface area contributed by atoms with Gasteiger partial charge in [0.25, 0.3) is 0 Å². The Hall–Kier alpha value is -0.570. The van der Waals surface area contributed by atoms with Crippen molar-refractivity contribution in [2.24, 2.45) is 5.41 Å². The van der Waals surface area contributed by atoms with Gasteiger partial charge in [-0.05, 0) is 18.3 Å². The molecule has 0 aromatic carbocycles. The molecule has 1 amide bonds. The topological polar surface area (TPSA) is 23.6 Å². The zero-order valence-corrected chi connectivity index (χ0v) is 10.8. The first-order chi connectivity index (χ1) is 7.46. The van der Waals surface area contributed by atoms with Gasteiger partial charge in [0, 0.05) is 38.6 Å². The van der Waals surface area contributed by atoms with E-state index in [1.54, 1.807) is 0 Å². The predicted octanol–water partition coefficient (Wildman–Crippen LogP) is 1.73. The maximum absolute atomic E-state index is 12.0. The Balaban J connectivity index is 1.77. The van der Waals surface area contributed by atoms with Gasteiger partial charge in [0.1, 0.15) is 0 Å². The molecular weight excluding hydrogens is 200 g/mol. The van der Waals surface area contributed by atoms with Crippen LogP contribution in [-0.4, -0.2) is 47.9 Å². The Morgan fingerprint density at radius 3 is 2.12 bits per heavy atom. The summed E-state index contributed by atoms with van der Waals surface area (Å²) in [7, 11) is 0. The molecule has 1 saturated carbocycles. The molecule has 3 nitrogen and oxygen atoms in total. The van der Waals surface area contributed by atoms with Crippen molar-refractivity contribution in [3.05, 3.63) is 0 Å². The summed E-state index contributed by atoms with van der Waals surface area (Å²) < 4.78 is 0. The number of carbonyl (C=O) groups is 1. The molecule has 2 fully saturated rings. The van der Waals surface area contributed by atoms with Crippen molar-refractivity contribution in [3.63, 3.8) is 0 Å². The normalized spacial score (nSPS) is 23.6. The lowest BCUT2D eigenvalue weighted by atomic mass is 9.91. The highest BCUT2D eigenvalue weighted by molar-refractivity contribution is 5.76. The second-order valence-electron chi connectivity index (χ2n) is 6.39. The van der Waals surface area contributed by atoms with Crippen LogP contribution in [0.2, 0.25) is 0 Å². The summed E-state index contributed by atoms with van der Waals surface area (Å²) >= 11 is 0. The largest absolute Gasteiger partial charge is 0.340 e. The SMILES string of the molecule is CC(C)(C)CC(=O)N1CCN(C2CC2)CC1. The second-order valence-corrected chi connectivity index (χ2v) is 6.39. The van der Waals surface area contributed by atoms with Crippen LogP contribution in [0.3, 0.4) is 0 Å². The first kappa shape index (κ1) is 11.9. The van der Waals surface area contributed by atoms with E-state index in [1.807, 2.05) is 4.90 Å². The summed E-state index contributed by atoms with van der Waals surface area (Å²) in [6, 6.07) is 0.847. The van der Waals surface area contributed by atoms with Gasteiger partial charge in [-0.2, -0.15) is 0 Å². The molecule has 0 aromatic rings. The Bertz CT molecular complexity index is 258. The lowest BCUT2D eigenvalue weighted by molar-refractivity contribution is -0.134. The van der Waals surface area contributed by atoms with Gasteiger partial charge in [0.15, 0.2) is 0 Å². The number of rotatable bonds is 2. The smallest absolute Gasteiger partial charge is 0.223 e. The second kappa shape index (κ2) is 4.36. The van der Waals surface area contributed by atoms with E-state index < -0.39 is 0 Å². The molecule has 1 aliphatic carbocycles. The number of piperazine rings is 1. The molecule has 0 spiro atoms. The maximum atomic E-state index is 12.0. The Morgan fingerprint density at radius 1 is 1.12 bits per heavy atom. The molecule has 1 aliphatic heterocycles. The highest BCUT2D eigenvalue weighted by Crippen LogP contribution is 2.28. The van der Waals surface area contributed by atoms with Crippen molar-refractivity contribution < 1.29 is 4.79 Å². The zero-order chi connectivity index (χ0) is 11.8. The standard InChI is InChI=1S/C13H24N2O/c1-13(2,3)10-12(16)15-8-6-14(7-9-15)11-4-5-11/h11H,4-10H2,1-3H3. The van der Waals surface area contributed by atoms with Crippen LogP contribution in [0, 0.1) is 5.41 Å². The summed E-state index contributed by atoms with van der Waals surface area (Å²) in [5.41, 5.74) is 0.116. The van der Waals surface area contributed by atoms with Crippen LogP contribution in [0.25, 0.3) is 0 Å². The van der Waals surface area contributed by atoms with Crippen LogP contribution < -0.4 is 0 Å². The minimum atomic E-state index is 0.116. The van der Waals surface area contributed by atoms with E-state index in [1.165, 1.54) is 12.8 Å². The van der Waals surface area contributed by atoms with Gasteiger partial charge >= 0.3 is 0 Å².